The predicted molar refractivity (Wildman–Crippen MR) is 70.9 cm³/mol. The molecule has 0 saturated carbocycles. The minimum absolute atomic E-state index is 0.0223. The summed E-state index contributed by atoms with van der Waals surface area (Å²) in [4.78, 5) is 0. The van der Waals surface area contributed by atoms with Crippen LogP contribution in [0, 0.1) is 17.6 Å². The smallest absolute Gasteiger partial charge is 0.131 e. The summed E-state index contributed by atoms with van der Waals surface area (Å²) in [7, 11) is 0. The lowest BCUT2D eigenvalue weighted by molar-refractivity contribution is 0.0858. The molecule has 1 saturated heterocycles. The van der Waals surface area contributed by atoms with Crippen LogP contribution in [0.3, 0.4) is 0 Å². The average Bonchev–Trinajstić information content (AvgIpc) is 2.73. The van der Waals surface area contributed by atoms with Crippen molar-refractivity contribution < 1.29 is 13.5 Å². The van der Waals surface area contributed by atoms with E-state index >= 15 is 0 Å². The van der Waals surface area contributed by atoms with Gasteiger partial charge < -0.3 is 10.1 Å². The van der Waals surface area contributed by atoms with Gasteiger partial charge in [-0.25, -0.2) is 8.78 Å². The molecule has 0 bridgehead atoms. The van der Waals surface area contributed by atoms with Gasteiger partial charge in [0.1, 0.15) is 11.6 Å². The Labute approximate surface area is 113 Å². The quantitative estimate of drug-likeness (QED) is 0.907. The van der Waals surface area contributed by atoms with Crippen molar-refractivity contribution in [2.75, 3.05) is 13.2 Å². The second-order valence-electron chi connectivity index (χ2n) is 6.14. The number of rotatable bonds is 3. The lowest BCUT2D eigenvalue weighted by Gasteiger charge is -2.26. The fourth-order valence-corrected chi connectivity index (χ4v) is 2.36. The minimum Gasteiger partial charge on any atom is -0.373 e. The fourth-order valence-electron chi connectivity index (χ4n) is 2.36. The highest BCUT2D eigenvalue weighted by Gasteiger charge is 2.32. The molecular weight excluding hydrogens is 248 g/mol. The predicted octanol–water partition coefficient (Wildman–Crippen LogP) is 3.43. The van der Waals surface area contributed by atoms with Crippen LogP contribution in [0.4, 0.5) is 8.78 Å². The Morgan fingerprint density at radius 1 is 1.32 bits per heavy atom. The second kappa shape index (κ2) is 5.55. The van der Waals surface area contributed by atoms with Crippen LogP contribution in [0.25, 0.3) is 0 Å². The van der Waals surface area contributed by atoms with Gasteiger partial charge in [0.15, 0.2) is 0 Å². The topological polar surface area (TPSA) is 21.3 Å². The molecule has 2 nitrogen and oxygen atoms in total. The summed E-state index contributed by atoms with van der Waals surface area (Å²) in [5.41, 5.74) is 0.480. The van der Waals surface area contributed by atoms with Crippen molar-refractivity contribution in [2.24, 2.45) is 5.92 Å². The molecule has 2 unspecified atom stereocenters. The Morgan fingerprint density at radius 2 is 2.05 bits per heavy atom. The van der Waals surface area contributed by atoms with Crippen molar-refractivity contribution in [1.82, 2.24) is 5.32 Å². The van der Waals surface area contributed by atoms with Crippen LogP contribution in [-0.2, 0) is 4.74 Å². The molecule has 1 N–H and O–H groups in total. The third-order valence-electron chi connectivity index (χ3n) is 3.38. The summed E-state index contributed by atoms with van der Waals surface area (Å²) in [5.74, 6) is -0.851. The fraction of sp³-hybridized carbons (Fsp3) is 0.600. The molecule has 0 amide bonds. The molecule has 1 heterocycles. The number of hydrogen-bond acceptors (Lipinski definition) is 2. The molecular formula is C15H21F2NO. The summed E-state index contributed by atoms with van der Waals surface area (Å²) in [6.07, 6.45) is 0.611. The van der Waals surface area contributed by atoms with Crippen LogP contribution in [0.5, 0.6) is 0 Å². The average molecular weight is 269 g/mol. The third-order valence-corrected chi connectivity index (χ3v) is 3.38. The Kier molecular flexibility index (Phi) is 4.21. The normalized spacial score (nSPS) is 23.8. The lowest BCUT2D eigenvalue weighted by Crippen LogP contribution is -2.39. The summed E-state index contributed by atoms with van der Waals surface area (Å²) >= 11 is 0. The van der Waals surface area contributed by atoms with Crippen LogP contribution < -0.4 is 5.32 Å². The first-order valence-corrected chi connectivity index (χ1v) is 6.68. The molecule has 1 aromatic rings. The first-order chi connectivity index (χ1) is 8.87. The third kappa shape index (κ3) is 3.74. The van der Waals surface area contributed by atoms with Crippen molar-refractivity contribution in [1.29, 1.82) is 0 Å². The number of hydrogen-bond donors (Lipinski definition) is 1. The van der Waals surface area contributed by atoms with E-state index in [4.69, 9.17) is 4.74 Å². The van der Waals surface area contributed by atoms with Crippen LogP contribution in [0.2, 0.25) is 0 Å². The van der Waals surface area contributed by atoms with Crippen LogP contribution >= 0.6 is 0 Å². The number of ether oxygens (including phenoxy) is 1. The van der Waals surface area contributed by atoms with Crippen molar-refractivity contribution in [3.8, 4) is 0 Å². The molecule has 0 spiro atoms. The molecule has 2 atom stereocenters. The van der Waals surface area contributed by atoms with E-state index in [1.807, 2.05) is 0 Å². The summed E-state index contributed by atoms with van der Waals surface area (Å²) < 4.78 is 32.4. The van der Waals surface area contributed by atoms with E-state index in [0.717, 1.165) is 19.0 Å². The minimum atomic E-state index is -0.552. The second-order valence-corrected chi connectivity index (χ2v) is 6.14. The summed E-state index contributed by atoms with van der Waals surface area (Å²) in [5, 5.41) is 3.42. The van der Waals surface area contributed by atoms with Crippen LogP contribution in [-0.4, -0.2) is 18.7 Å². The van der Waals surface area contributed by atoms with E-state index in [0.29, 0.717) is 12.2 Å². The Balaban J connectivity index is 2.10. The van der Waals surface area contributed by atoms with Crippen molar-refractivity contribution in [2.45, 2.75) is 38.8 Å². The van der Waals surface area contributed by atoms with Gasteiger partial charge in [-0.15, -0.1) is 0 Å². The van der Waals surface area contributed by atoms with E-state index in [9.17, 15) is 8.78 Å². The molecule has 1 aliphatic rings. The van der Waals surface area contributed by atoms with E-state index in [-0.39, 0.29) is 17.6 Å². The van der Waals surface area contributed by atoms with Gasteiger partial charge in [0.25, 0.3) is 0 Å². The van der Waals surface area contributed by atoms with Gasteiger partial charge in [0.2, 0.25) is 0 Å². The molecule has 1 aromatic carbocycles. The van der Waals surface area contributed by atoms with Gasteiger partial charge in [-0.05, 0) is 33.3 Å². The van der Waals surface area contributed by atoms with E-state index in [1.54, 1.807) is 0 Å². The summed E-state index contributed by atoms with van der Waals surface area (Å²) in [6, 6.07) is 3.70. The van der Waals surface area contributed by atoms with E-state index in [1.165, 1.54) is 12.1 Å². The van der Waals surface area contributed by atoms with Gasteiger partial charge in [0.05, 0.1) is 6.10 Å². The SMILES string of the molecule is CC(C)(C)NCC1CCOC1c1ccc(F)cc1F. The molecule has 0 aromatic heterocycles. The van der Waals surface area contributed by atoms with Gasteiger partial charge in [0, 0.05) is 36.2 Å². The summed E-state index contributed by atoms with van der Waals surface area (Å²) in [6.45, 7) is 7.67. The van der Waals surface area contributed by atoms with E-state index < -0.39 is 11.6 Å². The first-order valence-electron chi connectivity index (χ1n) is 6.68. The zero-order valence-corrected chi connectivity index (χ0v) is 11.7. The molecule has 0 aliphatic carbocycles. The van der Waals surface area contributed by atoms with Gasteiger partial charge in [-0.3, -0.25) is 0 Å². The highest BCUT2D eigenvalue weighted by molar-refractivity contribution is 5.22. The Bertz CT molecular complexity index is 442. The zero-order valence-electron chi connectivity index (χ0n) is 11.7. The molecule has 1 aliphatic heterocycles. The molecule has 1 fully saturated rings. The largest absolute Gasteiger partial charge is 0.373 e. The molecule has 106 valence electrons. The molecule has 19 heavy (non-hydrogen) atoms. The highest BCUT2D eigenvalue weighted by Crippen LogP contribution is 2.35. The maximum Gasteiger partial charge on any atom is 0.131 e. The molecule has 0 radical (unpaired) electrons. The monoisotopic (exact) mass is 269 g/mol. The maximum absolute atomic E-state index is 13.8. The van der Waals surface area contributed by atoms with Crippen LogP contribution in [0.15, 0.2) is 18.2 Å². The highest BCUT2D eigenvalue weighted by atomic mass is 19.1. The van der Waals surface area contributed by atoms with Crippen molar-refractivity contribution >= 4 is 0 Å². The van der Waals surface area contributed by atoms with Crippen molar-refractivity contribution in [3.05, 3.63) is 35.4 Å². The first kappa shape index (κ1) is 14.4. The zero-order chi connectivity index (χ0) is 14.0. The lowest BCUT2D eigenvalue weighted by atomic mass is 9.94. The maximum atomic E-state index is 13.8. The van der Waals surface area contributed by atoms with Crippen molar-refractivity contribution in [3.63, 3.8) is 0 Å². The standard InChI is InChI=1S/C15H21F2NO/c1-15(2,3)18-9-10-6-7-19-14(10)12-5-4-11(16)8-13(12)17/h4-5,8,10,14,18H,6-7,9H2,1-3H3. The Morgan fingerprint density at radius 3 is 2.68 bits per heavy atom. The molecule has 4 heteroatoms. The van der Waals surface area contributed by atoms with Gasteiger partial charge in [-0.1, -0.05) is 6.07 Å². The number of nitrogens with one attached hydrogen (secondary N) is 1. The number of halogens is 2. The van der Waals surface area contributed by atoms with Crippen LogP contribution in [0.1, 0.15) is 38.9 Å². The van der Waals surface area contributed by atoms with E-state index in [2.05, 4.69) is 26.1 Å². The number of benzene rings is 1. The Hall–Kier alpha value is -1.00. The van der Waals surface area contributed by atoms with Gasteiger partial charge in [-0.2, -0.15) is 0 Å². The van der Waals surface area contributed by atoms with Gasteiger partial charge >= 0.3 is 0 Å². The molecule has 2 rings (SSSR count).